The molecule has 0 aliphatic carbocycles. The molecule has 2 aromatic carbocycles. The van der Waals surface area contributed by atoms with Crippen molar-refractivity contribution in [1.82, 2.24) is 4.90 Å². The van der Waals surface area contributed by atoms with Crippen molar-refractivity contribution in [3.63, 3.8) is 0 Å². The quantitative estimate of drug-likeness (QED) is 0.843. The van der Waals surface area contributed by atoms with Crippen LogP contribution in [0, 0.1) is 5.92 Å². The molecule has 1 N–H and O–H groups in total. The maximum Gasteiger partial charge on any atom is 0.0628 e. The Labute approximate surface area is 146 Å². The van der Waals surface area contributed by atoms with Crippen LogP contribution in [0.5, 0.6) is 0 Å². The molecule has 0 fully saturated rings. The average Bonchev–Trinajstić information content (AvgIpc) is 2.62. The molecule has 2 aromatic rings. The van der Waals surface area contributed by atoms with Crippen molar-refractivity contribution in [3.8, 4) is 0 Å². The summed E-state index contributed by atoms with van der Waals surface area (Å²) in [5, 5.41) is 10.2. The number of aliphatic hydroxyl groups is 1. The Morgan fingerprint density at radius 3 is 2.21 bits per heavy atom. The smallest absolute Gasteiger partial charge is 0.0628 e. The Morgan fingerprint density at radius 2 is 1.62 bits per heavy atom. The fourth-order valence-corrected chi connectivity index (χ4v) is 4.23. The van der Waals surface area contributed by atoms with Gasteiger partial charge in [0, 0.05) is 12.6 Å². The van der Waals surface area contributed by atoms with E-state index in [9.17, 15) is 5.11 Å². The molecular weight excluding hydrogens is 294 g/mol. The summed E-state index contributed by atoms with van der Waals surface area (Å²) in [5.41, 5.74) is 4.15. The fraction of sp³-hybridized carbons (Fsp3) is 0.455. The van der Waals surface area contributed by atoms with Crippen LogP contribution in [0.3, 0.4) is 0 Å². The van der Waals surface area contributed by atoms with Crippen molar-refractivity contribution in [1.29, 1.82) is 0 Å². The van der Waals surface area contributed by atoms with E-state index in [-0.39, 0.29) is 12.6 Å². The van der Waals surface area contributed by atoms with Crippen LogP contribution in [0.2, 0.25) is 0 Å². The van der Waals surface area contributed by atoms with Crippen LogP contribution in [0.15, 0.2) is 54.6 Å². The van der Waals surface area contributed by atoms with Gasteiger partial charge in [0.25, 0.3) is 0 Å². The Bertz CT molecular complexity index is 652. The summed E-state index contributed by atoms with van der Waals surface area (Å²) < 4.78 is 0. The van der Waals surface area contributed by atoms with Gasteiger partial charge in [-0.2, -0.15) is 0 Å². The van der Waals surface area contributed by atoms with Gasteiger partial charge in [0.15, 0.2) is 0 Å². The standard InChI is InChI=1S/C22H29NO/c1-4-21-19-13-9-8-12-18(19)20(16(2)3)14-23(21)22(15-24)17-10-6-5-7-11-17/h5-13,16,20-22,24H,4,14-15H2,1-3H3/t20-,21+,22+/m1/s1. The van der Waals surface area contributed by atoms with Gasteiger partial charge < -0.3 is 5.11 Å². The highest BCUT2D eigenvalue weighted by Gasteiger charge is 2.37. The molecule has 0 unspecified atom stereocenters. The molecule has 0 radical (unpaired) electrons. The molecule has 24 heavy (non-hydrogen) atoms. The van der Waals surface area contributed by atoms with Crippen LogP contribution in [-0.4, -0.2) is 23.2 Å². The normalized spacial score (nSPS) is 22.4. The molecule has 0 spiro atoms. The van der Waals surface area contributed by atoms with Crippen LogP contribution in [0.25, 0.3) is 0 Å². The first kappa shape index (κ1) is 17.2. The number of aliphatic hydroxyl groups excluding tert-OH is 1. The van der Waals surface area contributed by atoms with Crippen LogP contribution in [0.4, 0.5) is 0 Å². The van der Waals surface area contributed by atoms with Crippen molar-refractivity contribution >= 4 is 0 Å². The van der Waals surface area contributed by atoms with E-state index in [2.05, 4.69) is 74.2 Å². The zero-order valence-electron chi connectivity index (χ0n) is 15.0. The molecule has 0 aromatic heterocycles. The SMILES string of the molecule is CC[C@H]1c2ccccc2[C@@H](C(C)C)CN1[C@@H](CO)c1ccccc1. The summed E-state index contributed by atoms with van der Waals surface area (Å²) in [5.74, 6) is 1.10. The minimum atomic E-state index is 0.0609. The van der Waals surface area contributed by atoms with Gasteiger partial charge in [-0.3, -0.25) is 4.90 Å². The van der Waals surface area contributed by atoms with E-state index >= 15 is 0 Å². The summed E-state index contributed by atoms with van der Waals surface area (Å²) >= 11 is 0. The van der Waals surface area contributed by atoms with Crippen molar-refractivity contribution < 1.29 is 5.11 Å². The molecule has 0 saturated carbocycles. The second-order valence-electron chi connectivity index (χ2n) is 7.21. The first-order valence-corrected chi connectivity index (χ1v) is 9.17. The average molecular weight is 323 g/mol. The van der Waals surface area contributed by atoms with E-state index in [1.807, 2.05) is 6.07 Å². The minimum absolute atomic E-state index is 0.0609. The zero-order valence-corrected chi connectivity index (χ0v) is 15.0. The predicted octanol–water partition coefficient (Wildman–Crippen LogP) is 4.93. The molecule has 1 aliphatic heterocycles. The van der Waals surface area contributed by atoms with Crippen LogP contribution >= 0.6 is 0 Å². The molecule has 0 amide bonds. The highest BCUT2D eigenvalue weighted by molar-refractivity contribution is 5.37. The van der Waals surface area contributed by atoms with Crippen LogP contribution in [0.1, 0.15) is 61.9 Å². The topological polar surface area (TPSA) is 23.5 Å². The van der Waals surface area contributed by atoms with E-state index in [1.54, 1.807) is 0 Å². The van der Waals surface area contributed by atoms with E-state index in [0.29, 0.717) is 17.9 Å². The third kappa shape index (κ3) is 3.13. The van der Waals surface area contributed by atoms with Crippen molar-refractivity contribution in [2.24, 2.45) is 5.92 Å². The van der Waals surface area contributed by atoms with Crippen molar-refractivity contribution in [3.05, 3.63) is 71.3 Å². The maximum atomic E-state index is 10.2. The van der Waals surface area contributed by atoms with Crippen LogP contribution in [-0.2, 0) is 0 Å². The number of nitrogens with zero attached hydrogens (tertiary/aromatic N) is 1. The van der Waals surface area contributed by atoms with Gasteiger partial charge in [-0.1, -0.05) is 75.4 Å². The second-order valence-corrected chi connectivity index (χ2v) is 7.21. The monoisotopic (exact) mass is 323 g/mol. The molecule has 3 atom stereocenters. The summed E-state index contributed by atoms with van der Waals surface area (Å²) in [7, 11) is 0. The lowest BCUT2D eigenvalue weighted by Gasteiger charge is -2.46. The van der Waals surface area contributed by atoms with Gasteiger partial charge in [0.05, 0.1) is 12.6 Å². The third-order valence-electron chi connectivity index (χ3n) is 5.51. The van der Waals surface area contributed by atoms with Gasteiger partial charge in [-0.25, -0.2) is 0 Å². The van der Waals surface area contributed by atoms with E-state index in [4.69, 9.17) is 0 Å². The third-order valence-corrected chi connectivity index (χ3v) is 5.51. The van der Waals surface area contributed by atoms with E-state index in [0.717, 1.165) is 13.0 Å². The molecule has 2 heteroatoms. The summed E-state index contributed by atoms with van der Waals surface area (Å²) in [6.07, 6.45) is 1.06. The summed E-state index contributed by atoms with van der Waals surface area (Å²) in [6, 6.07) is 19.8. The first-order valence-electron chi connectivity index (χ1n) is 9.17. The Hall–Kier alpha value is -1.64. The molecule has 2 nitrogen and oxygen atoms in total. The highest BCUT2D eigenvalue weighted by atomic mass is 16.3. The summed E-state index contributed by atoms with van der Waals surface area (Å²) in [6.45, 7) is 8.04. The highest BCUT2D eigenvalue weighted by Crippen LogP contribution is 2.44. The lowest BCUT2D eigenvalue weighted by molar-refractivity contribution is 0.0570. The second kappa shape index (κ2) is 7.50. The van der Waals surface area contributed by atoms with E-state index < -0.39 is 0 Å². The Kier molecular flexibility index (Phi) is 5.37. The van der Waals surface area contributed by atoms with Crippen molar-refractivity contribution in [2.75, 3.05) is 13.2 Å². The molecule has 128 valence electrons. The van der Waals surface area contributed by atoms with Crippen LogP contribution < -0.4 is 0 Å². The summed E-state index contributed by atoms with van der Waals surface area (Å²) in [4.78, 5) is 2.53. The lowest BCUT2D eigenvalue weighted by atomic mass is 9.78. The van der Waals surface area contributed by atoms with Gasteiger partial charge in [0.1, 0.15) is 0 Å². The fourth-order valence-electron chi connectivity index (χ4n) is 4.23. The van der Waals surface area contributed by atoms with E-state index in [1.165, 1.54) is 16.7 Å². The number of benzene rings is 2. The number of fused-ring (bicyclic) bond motifs is 1. The van der Waals surface area contributed by atoms with Gasteiger partial charge in [0.2, 0.25) is 0 Å². The largest absolute Gasteiger partial charge is 0.394 e. The zero-order chi connectivity index (χ0) is 17.1. The van der Waals surface area contributed by atoms with Crippen molar-refractivity contribution in [2.45, 2.75) is 45.2 Å². The molecule has 0 bridgehead atoms. The number of hydrogen-bond donors (Lipinski definition) is 1. The lowest BCUT2D eigenvalue weighted by Crippen LogP contribution is -2.42. The predicted molar refractivity (Wildman–Crippen MR) is 100 cm³/mol. The molecule has 3 rings (SSSR count). The Morgan fingerprint density at radius 1 is 1.00 bits per heavy atom. The van der Waals surface area contributed by atoms with Gasteiger partial charge in [-0.15, -0.1) is 0 Å². The molecular formula is C22H29NO. The number of hydrogen-bond acceptors (Lipinski definition) is 2. The molecule has 0 saturated heterocycles. The Balaban J connectivity index is 2.04. The van der Waals surface area contributed by atoms with Gasteiger partial charge >= 0.3 is 0 Å². The molecule has 1 aliphatic rings. The van der Waals surface area contributed by atoms with Gasteiger partial charge in [-0.05, 0) is 34.9 Å². The maximum absolute atomic E-state index is 10.2. The molecule has 1 heterocycles. The first-order chi connectivity index (χ1) is 11.7. The number of rotatable bonds is 5. The minimum Gasteiger partial charge on any atom is -0.394 e.